The van der Waals surface area contributed by atoms with Gasteiger partial charge in [0.15, 0.2) is 0 Å². The Bertz CT molecular complexity index is 302. The van der Waals surface area contributed by atoms with E-state index in [0.717, 1.165) is 29.8 Å². The van der Waals surface area contributed by atoms with Crippen molar-refractivity contribution < 1.29 is 0 Å². The summed E-state index contributed by atoms with van der Waals surface area (Å²) in [6.07, 6.45) is 2.78. The molecule has 0 bridgehead atoms. The maximum absolute atomic E-state index is 5.76. The van der Waals surface area contributed by atoms with Crippen LogP contribution in [0.25, 0.3) is 0 Å². The van der Waals surface area contributed by atoms with Gasteiger partial charge in [0, 0.05) is 11.8 Å². The van der Waals surface area contributed by atoms with Gasteiger partial charge in [0.05, 0.1) is 0 Å². The van der Waals surface area contributed by atoms with Crippen LogP contribution in [0, 0.1) is 5.92 Å². The molecule has 0 aliphatic carbocycles. The van der Waals surface area contributed by atoms with Crippen molar-refractivity contribution in [3.63, 3.8) is 0 Å². The standard InChI is InChI=1S/C9H12ClN3S/c10-8-3-9(13-6-12-8)14-5-7-1-2-11-4-7/h3,6-7,11H,1-2,4-5H2. The second-order valence-electron chi connectivity index (χ2n) is 3.35. The second-order valence-corrected chi connectivity index (χ2v) is 4.78. The Morgan fingerprint density at radius 1 is 1.57 bits per heavy atom. The first-order chi connectivity index (χ1) is 6.84. The minimum atomic E-state index is 0.520. The van der Waals surface area contributed by atoms with Crippen molar-refractivity contribution in [2.75, 3.05) is 18.8 Å². The molecule has 1 aromatic rings. The summed E-state index contributed by atoms with van der Waals surface area (Å²) in [5.74, 6) is 1.88. The molecule has 1 saturated heterocycles. The SMILES string of the molecule is Clc1cc(SCC2CCNC2)ncn1. The normalized spacial score (nSPS) is 21.4. The van der Waals surface area contributed by atoms with E-state index in [9.17, 15) is 0 Å². The molecule has 1 aliphatic rings. The molecule has 2 heterocycles. The van der Waals surface area contributed by atoms with Gasteiger partial charge in [0.2, 0.25) is 0 Å². The predicted molar refractivity (Wildman–Crippen MR) is 58.7 cm³/mol. The molecule has 0 spiro atoms. The number of nitrogens with zero attached hydrogens (tertiary/aromatic N) is 2. The van der Waals surface area contributed by atoms with Crippen LogP contribution in [0.3, 0.4) is 0 Å². The van der Waals surface area contributed by atoms with Gasteiger partial charge in [-0.2, -0.15) is 0 Å². The van der Waals surface area contributed by atoms with Crippen molar-refractivity contribution in [3.8, 4) is 0 Å². The number of thioether (sulfide) groups is 1. The highest BCUT2D eigenvalue weighted by Gasteiger charge is 2.14. The lowest BCUT2D eigenvalue weighted by atomic mass is 10.2. The van der Waals surface area contributed by atoms with E-state index in [1.54, 1.807) is 11.8 Å². The van der Waals surface area contributed by atoms with Crippen LogP contribution < -0.4 is 5.32 Å². The first kappa shape index (κ1) is 10.2. The third-order valence-corrected chi connectivity index (χ3v) is 3.60. The summed E-state index contributed by atoms with van der Waals surface area (Å²) in [5.41, 5.74) is 0. The molecule has 1 fully saturated rings. The summed E-state index contributed by atoms with van der Waals surface area (Å²) in [4.78, 5) is 8.00. The van der Waals surface area contributed by atoms with E-state index >= 15 is 0 Å². The molecule has 2 rings (SSSR count). The van der Waals surface area contributed by atoms with Crippen LogP contribution in [-0.4, -0.2) is 28.8 Å². The Hall–Kier alpha value is -0.320. The zero-order chi connectivity index (χ0) is 9.80. The van der Waals surface area contributed by atoms with E-state index in [0.29, 0.717) is 5.15 Å². The van der Waals surface area contributed by atoms with Crippen LogP contribution in [0.2, 0.25) is 5.15 Å². The van der Waals surface area contributed by atoms with Gasteiger partial charge in [0.25, 0.3) is 0 Å². The average Bonchev–Trinajstić information content (AvgIpc) is 2.67. The fourth-order valence-corrected chi connectivity index (χ4v) is 2.68. The summed E-state index contributed by atoms with van der Waals surface area (Å²) in [7, 11) is 0. The molecule has 1 atom stereocenters. The number of halogens is 1. The van der Waals surface area contributed by atoms with Crippen molar-refractivity contribution >= 4 is 23.4 Å². The second kappa shape index (κ2) is 4.96. The van der Waals surface area contributed by atoms with Crippen LogP contribution in [0.1, 0.15) is 6.42 Å². The van der Waals surface area contributed by atoms with Crippen molar-refractivity contribution in [1.29, 1.82) is 0 Å². The van der Waals surface area contributed by atoms with Crippen molar-refractivity contribution in [3.05, 3.63) is 17.5 Å². The van der Waals surface area contributed by atoms with Crippen molar-refractivity contribution in [2.24, 2.45) is 5.92 Å². The van der Waals surface area contributed by atoms with Crippen molar-refractivity contribution in [2.45, 2.75) is 11.4 Å². The minimum Gasteiger partial charge on any atom is -0.316 e. The molecule has 0 saturated carbocycles. The highest BCUT2D eigenvalue weighted by atomic mass is 35.5. The van der Waals surface area contributed by atoms with Gasteiger partial charge >= 0.3 is 0 Å². The summed E-state index contributed by atoms with van der Waals surface area (Å²) in [6.45, 7) is 2.28. The maximum Gasteiger partial charge on any atom is 0.133 e. The van der Waals surface area contributed by atoms with Gasteiger partial charge in [-0.15, -0.1) is 11.8 Å². The third kappa shape index (κ3) is 2.83. The van der Waals surface area contributed by atoms with Crippen LogP contribution in [0.4, 0.5) is 0 Å². The highest BCUT2D eigenvalue weighted by Crippen LogP contribution is 2.22. The van der Waals surface area contributed by atoms with Gasteiger partial charge in [-0.25, -0.2) is 9.97 Å². The Kier molecular flexibility index (Phi) is 3.61. The Balaban J connectivity index is 1.85. The van der Waals surface area contributed by atoms with Crippen LogP contribution >= 0.6 is 23.4 Å². The van der Waals surface area contributed by atoms with Gasteiger partial charge in [-0.05, 0) is 25.4 Å². The van der Waals surface area contributed by atoms with E-state index in [1.807, 2.05) is 6.07 Å². The van der Waals surface area contributed by atoms with E-state index in [-0.39, 0.29) is 0 Å². The summed E-state index contributed by atoms with van der Waals surface area (Å²) >= 11 is 7.52. The molecule has 1 aromatic heterocycles. The van der Waals surface area contributed by atoms with Gasteiger partial charge in [0.1, 0.15) is 16.5 Å². The first-order valence-electron chi connectivity index (χ1n) is 4.65. The fourth-order valence-electron chi connectivity index (χ4n) is 1.46. The number of hydrogen-bond acceptors (Lipinski definition) is 4. The molecule has 1 N–H and O–H groups in total. The molecule has 5 heteroatoms. The molecular formula is C9H12ClN3S. The van der Waals surface area contributed by atoms with Crippen LogP contribution in [-0.2, 0) is 0 Å². The minimum absolute atomic E-state index is 0.520. The number of nitrogens with one attached hydrogen (secondary N) is 1. The van der Waals surface area contributed by atoms with E-state index in [2.05, 4.69) is 15.3 Å². The molecule has 76 valence electrons. The number of aromatic nitrogens is 2. The summed E-state index contributed by atoms with van der Waals surface area (Å²) in [6, 6.07) is 1.81. The van der Waals surface area contributed by atoms with E-state index in [1.165, 1.54) is 12.7 Å². The van der Waals surface area contributed by atoms with Crippen LogP contribution in [0.15, 0.2) is 17.4 Å². The van der Waals surface area contributed by atoms with Gasteiger partial charge in [-0.3, -0.25) is 0 Å². The van der Waals surface area contributed by atoms with E-state index < -0.39 is 0 Å². The van der Waals surface area contributed by atoms with Gasteiger partial charge in [-0.1, -0.05) is 11.6 Å². The largest absolute Gasteiger partial charge is 0.316 e. The average molecular weight is 230 g/mol. The first-order valence-corrected chi connectivity index (χ1v) is 6.02. The Labute approximate surface area is 92.7 Å². The highest BCUT2D eigenvalue weighted by molar-refractivity contribution is 7.99. The monoisotopic (exact) mass is 229 g/mol. The Morgan fingerprint density at radius 3 is 3.21 bits per heavy atom. The molecule has 0 amide bonds. The summed E-state index contributed by atoms with van der Waals surface area (Å²) in [5, 5.41) is 4.84. The molecule has 1 aliphatic heterocycles. The third-order valence-electron chi connectivity index (χ3n) is 2.24. The maximum atomic E-state index is 5.76. The van der Waals surface area contributed by atoms with E-state index in [4.69, 9.17) is 11.6 Å². The topological polar surface area (TPSA) is 37.8 Å². The zero-order valence-corrected chi connectivity index (χ0v) is 9.31. The quantitative estimate of drug-likeness (QED) is 0.634. The number of hydrogen-bond donors (Lipinski definition) is 1. The fraction of sp³-hybridized carbons (Fsp3) is 0.556. The smallest absolute Gasteiger partial charge is 0.133 e. The van der Waals surface area contributed by atoms with Crippen LogP contribution in [0.5, 0.6) is 0 Å². The molecular weight excluding hydrogens is 218 g/mol. The number of rotatable bonds is 3. The molecule has 14 heavy (non-hydrogen) atoms. The molecule has 3 nitrogen and oxygen atoms in total. The zero-order valence-electron chi connectivity index (χ0n) is 7.74. The van der Waals surface area contributed by atoms with Gasteiger partial charge < -0.3 is 5.32 Å². The summed E-state index contributed by atoms with van der Waals surface area (Å²) < 4.78 is 0. The van der Waals surface area contributed by atoms with Crippen molar-refractivity contribution in [1.82, 2.24) is 15.3 Å². The Morgan fingerprint density at radius 2 is 2.50 bits per heavy atom. The molecule has 0 radical (unpaired) electrons. The lowest BCUT2D eigenvalue weighted by molar-refractivity contribution is 0.662. The lowest BCUT2D eigenvalue weighted by Crippen LogP contribution is -2.10. The molecule has 0 aromatic carbocycles. The predicted octanol–water partition coefficient (Wildman–Crippen LogP) is 1.83. The lowest BCUT2D eigenvalue weighted by Gasteiger charge is -2.06. The molecule has 1 unspecified atom stereocenters.